The molecule has 0 saturated carbocycles. The average Bonchev–Trinajstić information content (AvgIpc) is 1.90. The Morgan fingerprint density at radius 2 is 2.00 bits per heavy atom. The maximum atomic E-state index is 8.29. The van der Waals surface area contributed by atoms with E-state index in [1.165, 1.54) is 14.2 Å². The highest BCUT2D eigenvalue weighted by Gasteiger charge is 2.16. The van der Waals surface area contributed by atoms with Crippen LogP contribution < -0.4 is 0 Å². The van der Waals surface area contributed by atoms with E-state index in [9.17, 15) is 0 Å². The Hall–Kier alpha value is -0.300. The molecule has 2 atom stereocenters. The van der Waals surface area contributed by atoms with Crippen LogP contribution in [-0.2, 0) is 9.47 Å². The monoisotopic (exact) mass is 149 g/mol. The summed E-state index contributed by atoms with van der Waals surface area (Å²) in [7, 11) is 2.82. The van der Waals surface area contributed by atoms with E-state index < -0.39 is 11.7 Å². The van der Waals surface area contributed by atoms with Crippen molar-refractivity contribution in [2.45, 2.75) is 11.7 Å². The third kappa shape index (κ3) is 2.66. The van der Waals surface area contributed by atoms with Crippen LogP contribution >= 0.6 is 11.6 Å². The number of methoxy groups -OCH3 is 2. The number of alkyl halides is 1. The van der Waals surface area contributed by atoms with Gasteiger partial charge in [0.25, 0.3) is 0 Å². The molecule has 0 N–H and O–H groups in total. The molecule has 4 heteroatoms. The minimum atomic E-state index is -0.684. The maximum absolute atomic E-state index is 8.29. The highest BCUT2D eigenvalue weighted by Crippen LogP contribution is 2.04. The summed E-state index contributed by atoms with van der Waals surface area (Å²) in [6.45, 7) is 0. The first-order valence-electron chi connectivity index (χ1n) is 2.35. The molecule has 0 saturated heterocycles. The zero-order chi connectivity index (χ0) is 7.28. The molecule has 0 amide bonds. The third-order valence-electron chi connectivity index (χ3n) is 0.844. The molecule has 0 radical (unpaired) electrons. The Morgan fingerprint density at radius 1 is 1.44 bits per heavy atom. The van der Waals surface area contributed by atoms with Gasteiger partial charge >= 0.3 is 0 Å². The topological polar surface area (TPSA) is 42.2 Å². The number of hydrogen-bond acceptors (Lipinski definition) is 3. The van der Waals surface area contributed by atoms with Crippen molar-refractivity contribution in [3.8, 4) is 6.07 Å². The smallest absolute Gasteiger partial charge is 0.183 e. The molecular weight excluding hydrogens is 142 g/mol. The fourth-order valence-corrected chi connectivity index (χ4v) is 0.501. The quantitative estimate of drug-likeness (QED) is 0.556. The third-order valence-corrected chi connectivity index (χ3v) is 1.25. The van der Waals surface area contributed by atoms with Crippen LogP contribution in [-0.4, -0.2) is 25.9 Å². The molecule has 0 spiro atoms. The summed E-state index contributed by atoms with van der Waals surface area (Å²) in [6, 6.07) is 1.82. The molecule has 0 rings (SSSR count). The number of nitrogens with zero attached hydrogens (tertiary/aromatic N) is 1. The molecule has 0 heterocycles. The molecule has 2 unspecified atom stereocenters. The van der Waals surface area contributed by atoms with Gasteiger partial charge in [-0.3, -0.25) is 0 Å². The lowest BCUT2D eigenvalue weighted by Crippen LogP contribution is -2.22. The van der Waals surface area contributed by atoms with Crippen LogP contribution in [0.2, 0.25) is 0 Å². The van der Waals surface area contributed by atoms with Crippen molar-refractivity contribution in [2.24, 2.45) is 0 Å². The van der Waals surface area contributed by atoms with Crippen molar-refractivity contribution < 1.29 is 9.47 Å². The summed E-state index contributed by atoms with van der Waals surface area (Å²) in [5.41, 5.74) is -0.681. The van der Waals surface area contributed by atoms with Crippen LogP contribution in [0.15, 0.2) is 0 Å². The Labute approximate surface area is 59.1 Å². The van der Waals surface area contributed by atoms with E-state index in [-0.39, 0.29) is 0 Å². The van der Waals surface area contributed by atoms with E-state index >= 15 is 0 Å². The highest BCUT2D eigenvalue weighted by molar-refractivity contribution is 6.20. The fourth-order valence-electron chi connectivity index (χ4n) is 0.342. The second-order valence-corrected chi connectivity index (χ2v) is 1.80. The van der Waals surface area contributed by atoms with Crippen molar-refractivity contribution >= 4 is 11.6 Å². The Balaban J connectivity index is 3.68. The minimum absolute atomic E-state index is 0.681. The molecule has 52 valence electrons. The molecular formula is C5H8ClNO2. The lowest BCUT2D eigenvalue weighted by molar-refractivity contribution is 0.0374. The SMILES string of the molecule is COC(Cl)C(C#N)OC. The number of ether oxygens (including phenoxy) is 2. The summed E-state index contributed by atoms with van der Waals surface area (Å²) in [5.74, 6) is 0. The van der Waals surface area contributed by atoms with Gasteiger partial charge in [0.1, 0.15) is 0 Å². The Kier molecular flexibility index (Phi) is 4.41. The van der Waals surface area contributed by atoms with Gasteiger partial charge in [-0.05, 0) is 0 Å². The first-order valence-corrected chi connectivity index (χ1v) is 2.79. The lowest BCUT2D eigenvalue weighted by atomic mass is 10.4. The van der Waals surface area contributed by atoms with Gasteiger partial charge in [-0.25, -0.2) is 0 Å². The predicted octanol–water partition coefficient (Wildman–Crippen LogP) is 0.736. The lowest BCUT2D eigenvalue weighted by Gasteiger charge is -2.10. The van der Waals surface area contributed by atoms with Crippen LogP contribution in [0, 0.1) is 11.3 Å². The highest BCUT2D eigenvalue weighted by atomic mass is 35.5. The van der Waals surface area contributed by atoms with Crippen molar-refractivity contribution in [2.75, 3.05) is 14.2 Å². The van der Waals surface area contributed by atoms with Crippen molar-refractivity contribution in [3.05, 3.63) is 0 Å². The van der Waals surface area contributed by atoms with Gasteiger partial charge in [-0.1, -0.05) is 11.6 Å². The van der Waals surface area contributed by atoms with E-state index in [0.717, 1.165) is 0 Å². The van der Waals surface area contributed by atoms with Gasteiger partial charge in [0.05, 0.1) is 6.07 Å². The number of hydrogen-bond donors (Lipinski definition) is 0. The predicted molar refractivity (Wildman–Crippen MR) is 33.1 cm³/mol. The second-order valence-electron chi connectivity index (χ2n) is 1.37. The van der Waals surface area contributed by atoms with Crippen LogP contribution in [0.25, 0.3) is 0 Å². The minimum Gasteiger partial charge on any atom is -0.362 e. The van der Waals surface area contributed by atoms with Gasteiger partial charge in [0.15, 0.2) is 11.7 Å². The number of nitriles is 1. The largest absolute Gasteiger partial charge is 0.362 e. The van der Waals surface area contributed by atoms with Crippen LogP contribution in [0.3, 0.4) is 0 Å². The van der Waals surface area contributed by atoms with Crippen molar-refractivity contribution in [1.29, 1.82) is 5.26 Å². The first kappa shape index (κ1) is 8.70. The zero-order valence-corrected chi connectivity index (χ0v) is 6.05. The van der Waals surface area contributed by atoms with Crippen LogP contribution in [0.4, 0.5) is 0 Å². The van der Waals surface area contributed by atoms with Crippen LogP contribution in [0.1, 0.15) is 0 Å². The standard InChI is InChI=1S/C5H8ClNO2/c1-8-4(3-7)5(6)9-2/h4-5H,1-2H3. The summed E-state index contributed by atoms with van der Waals surface area (Å²) in [4.78, 5) is 0. The Morgan fingerprint density at radius 3 is 2.11 bits per heavy atom. The van der Waals surface area contributed by atoms with Gasteiger partial charge in [-0.15, -0.1) is 0 Å². The van der Waals surface area contributed by atoms with Crippen molar-refractivity contribution in [3.63, 3.8) is 0 Å². The molecule has 0 aromatic rings. The van der Waals surface area contributed by atoms with E-state index in [1.54, 1.807) is 0 Å². The Bertz CT molecular complexity index is 112. The molecule has 0 aliphatic rings. The van der Waals surface area contributed by atoms with Crippen molar-refractivity contribution in [1.82, 2.24) is 0 Å². The zero-order valence-electron chi connectivity index (χ0n) is 5.30. The molecule has 0 aliphatic carbocycles. The van der Waals surface area contributed by atoms with Gasteiger partial charge < -0.3 is 9.47 Å². The molecule has 9 heavy (non-hydrogen) atoms. The van der Waals surface area contributed by atoms with Crippen LogP contribution in [0.5, 0.6) is 0 Å². The molecule has 3 nitrogen and oxygen atoms in total. The maximum Gasteiger partial charge on any atom is 0.183 e. The molecule has 0 aromatic heterocycles. The normalized spacial score (nSPS) is 16.2. The molecule has 0 fully saturated rings. The van der Waals surface area contributed by atoms with E-state index in [0.29, 0.717) is 0 Å². The van der Waals surface area contributed by atoms with Gasteiger partial charge in [0, 0.05) is 14.2 Å². The first-order chi connectivity index (χ1) is 4.26. The van der Waals surface area contributed by atoms with E-state index in [4.69, 9.17) is 16.9 Å². The second kappa shape index (κ2) is 4.57. The molecule has 0 bridgehead atoms. The summed E-state index contributed by atoms with van der Waals surface area (Å²) in [6.07, 6.45) is -0.684. The van der Waals surface area contributed by atoms with E-state index in [2.05, 4.69) is 9.47 Å². The van der Waals surface area contributed by atoms with Gasteiger partial charge in [-0.2, -0.15) is 5.26 Å². The summed E-state index contributed by atoms with van der Waals surface area (Å²) in [5, 5.41) is 8.29. The fraction of sp³-hybridized carbons (Fsp3) is 0.800. The average molecular weight is 150 g/mol. The summed E-state index contributed by atoms with van der Waals surface area (Å²) < 4.78 is 9.25. The molecule has 0 aromatic carbocycles. The number of halogens is 1. The summed E-state index contributed by atoms with van der Waals surface area (Å²) >= 11 is 5.46. The van der Waals surface area contributed by atoms with E-state index in [1.807, 2.05) is 6.07 Å². The van der Waals surface area contributed by atoms with Gasteiger partial charge in [0.2, 0.25) is 0 Å². The molecule has 0 aliphatic heterocycles. The number of rotatable bonds is 3.